The van der Waals surface area contributed by atoms with Crippen LogP contribution < -0.4 is 10.6 Å². The average molecular weight is 291 g/mol. The van der Waals surface area contributed by atoms with Crippen LogP contribution in [0.15, 0.2) is 24.3 Å². The van der Waals surface area contributed by atoms with Gasteiger partial charge >= 0.3 is 0 Å². The smallest absolute Gasteiger partial charge is 0.255 e. The molecule has 0 radical (unpaired) electrons. The first-order chi connectivity index (χ1) is 10.0. The van der Waals surface area contributed by atoms with Gasteiger partial charge in [0.2, 0.25) is 5.91 Å². The number of nitrogens with one attached hydrogen (secondary N) is 2. The van der Waals surface area contributed by atoms with E-state index in [1.807, 2.05) is 25.1 Å². The van der Waals surface area contributed by atoms with Crippen molar-refractivity contribution in [2.24, 2.45) is 5.92 Å². The van der Waals surface area contributed by atoms with Crippen molar-refractivity contribution in [2.75, 3.05) is 32.5 Å². The highest BCUT2D eigenvalue weighted by Gasteiger charge is 2.20. The molecule has 2 amide bonds. The van der Waals surface area contributed by atoms with E-state index in [4.69, 9.17) is 0 Å². The third-order valence-corrected chi connectivity index (χ3v) is 3.31. The molecule has 0 fully saturated rings. The van der Waals surface area contributed by atoms with Crippen LogP contribution in [0.25, 0.3) is 0 Å². The summed E-state index contributed by atoms with van der Waals surface area (Å²) in [5, 5.41) is 5.86. The summed E-state index contributed by atoms with van der Waals surface area (Å²) in [7, 11) is 3.32. The van der Waals surface area contributed by atoms with Gasteiger partial charge in [0.25, 0.3) is 5.91 Å². The Kier molecular flexibility index (Phi) is 6.72. The van der Waals surface area contributed by atoms with Gasteiger partial charge in [0.15, 0.2) is 0 Å². The lowest BCUT2D eigenvalue weighted by Gasteiger charge is -2.22. The summed E-state index contributed by atoms with van der Waals surface area (Å²) in [5.41, 5.74) is 1.47. The zero-order chi connectivity index (χ0) is 15.8. The lowest BCUT2D eigenvalue weighted by molar-refractivity contribution is -0.124. The third-order valence-electron chi connectivity index (χ3n) is 3.31. The fourth-order valence-electron chi connectivity index (χ4n) is 2.11. The minimum absolute atomic E-state index is 0.0629. The second-order valence-electron chi connectivity index (χ2n) is 5.17. The van der Waals surface area contributed by atoms with Crippen LogP contribution >= 0.6 is 0 Å². The van der Waals surface area contributed by atoms with Crippen molar-refractivity contribution in [2.45, 2.75) is 20.3 Å². The summed E-state index contributed by atoms with van der Waals surface area (Å²) in [6.07, 6.45) is 0.992. The zero-order valence-electron chi connectivity index (χ0n) is 13.3. The predicted molar refractivity (Wildman–Crippen MR) is 85.4 cm³/mol. The summed E-state index contributed by atoms with van der Waals surface area (Å²) in [5.74, 6) is -0.378. The molecule has 0 aliphatic heterocycles. The Hall–Kier alpha value is -2.04. The van der Waals surface area contributed by atoms with Gasteiger partial charge in [-0.05, 0) is 18.6 Å². The summed E-state index contributed by atoms with van der Waals surface area (Å²) < 4.78 is 0. The molecule has 1 aromatic carbocycles. The van der Waals surface area contributed by atoms with Crippen LogP contribution in [-0.2, 0) is 4.79 Å². The highest BCUT2D eigenvalue weighted by Crippen LogP contribution is 2.17. The summed E-state index contributed by atoms with van der Waals surface area (Å²) >= 11 is 0. The van der Waals surface area contributed by atoms with Gasteiger partial charge in [-0.1, -0.05) is 26.0 Å². The van der Waals surface area contributed by atoms with Crippen LogP contribution in [-0.4, -0.2) is 43.9 Å². The molecular weight excluding hydrogens is 266 g/mol. The first kappa shape index (κ1) is 17.0. The molecule has 0 saturated carbocycles. The number of benzene rings is 1. The first-order valence-electron chi connectivity index (χ1n) is 7.31. The number of hydrogen-bond donors (Lipinski definition) is 2. The molecule has 21 heavy (non-hydrogen) atoms. The number of carbonyl (C=O) groups excluding carboxylic acids is 2. The highest BCUT2D eigenvalue weighted by atomic mass is 16.2. The lowest BCUT2D eigenvalue weighted by Crippen LogP contribution is -2.37. The predicted octanol–water partition coefficient (Wildman–Crippen LogP) is 1.96. The molecule has 0 bridgehead atoms. The molecule has 0 spiro atoms. The van der Waals surface area contributed by atoms with Crippen molar-refractivity contribution in [3.05, 3.63) is 29.8 Å². The fraction of sp³-hybridized carbons (Fsp3) is 0.500. The van der Waals surface area contributed by atoms with E-state index in [1.54, 1.807) is 25.1 Å². The van der Waals surface area contributed by atoms with Crippen molar-refractivity contribution in [3.63, 3.8) is 0 Å². The van der Waals surface area contributed by atoms with Crippen molar-refractivity contribution in [1.29, 1.82) is 0 Å². The summed E-state index contributed by atoms with van der Waals surface area (Å²) in [6.45, 7) is 5.10. The van der Waals surface area contributed by atoms with E-state index in [-0.39, 0.29) is 17.7 Å². The van der Waals surface area contributed by atoms with E-state index in [2.05, 4.69) is 17.6 Å². The van der Waals surface area contributed by atoms with Gasteiger partial charge in [0.05, 0.1) is 11.5 Å². The number of nitrogens with zero attached hydrogens (tertiary/aromatic N) is 1. The maximum atomic E-state index is 12.5. The number of para-hydroxylation sites is 1. The standard InChI is InChI=1S/C16H25N3O2/c1-5-10-18-14-9-7-6-8-13(14)16(21)19(4)11-12(2)15(20)17-3/h6-9,12,18H,5,10-11H2,1-4H3,(H,17,20). The third kappa shape index (κ3) is 4.77. The molecule has 1 aromatic rings. The molecule has 116 valence electrons. The minimum Gasteiger partial charge on any atom is -0.384 e. The maximum Gasteiger partial charge on any atom is 0.255 e. The first-order valence-corrected chi connectivity index (χ1v) is 7.31. The van der Waals surface area contributed by atoms with Gasteiger partial charge in [-0.15, -0.1) is 0 Å². The zero-order valence-corrected chi connectivity index (χ0v) is 13.3. The van der Waals surface area contributed by atoms with E-state index in [9.17, 15) is 9.59 Å². The van der Waals surface area contributed by atoms with Gasteiger partial charge in [0, 0.05) is 32.9 Å². The van der Waals surface area contributed by atoms with Gasteiger partial charge < -0.3 is 15.5 Å². The fourth-order valence-corrected chi connectivity index (χ4v) is 2.11. The van der Waals surface area contributed by atoms with Crippen molar-refractivity contribution >= 4 is 17.5 Å². The lowest BCUT2D eigenvalue weighted by atomic mass is 10.1. The van der Waals surface area contributed by atoms with Crippen molar-refractivity contribution in [3.8, 4) is 0 Å². The van der Waals surface area contributed by atoms with Crippen molar-refractivity contribution < 1.29 is 9.59 Å². The van der Waals surface area contributed by atoms with Crippen LogP contribution in [0.4, 0.5) is 5.69 Å². The molecule has 0 saturated heterocycles. The van der Waals surface area contributed by atoms with Gasteiger partial charge in [0.1, 0.15) is 0 Å². The SMILES string of the molecule is CCCNc1ccccc1C(=O)N(C)CC(C)C(=O)NC. The second kappa shape index (κ2) is 8.29. The molecule has 0 aromatic heterocycles. The number of carbonyl (C=O) groups is 2. The summed E-state index contributed by atoms with van der Waals surface area (Å²) in [4.78, 5) is 25.7. The number of rotatable bonds is 7. The minimum atomic E-state index is -0.236. The van der Waals surface area contributed by atoms with E-state index in [0.717, 1.165) is 18.7 Å². The van der Waals surface area contributed by atoms with Crippen LogP contribution in [0, 0.1) is 5.92 Å². The Labute approximate surface area is 126 Å². The molecule has 5 heteroatoms. The highest BCUT2D eigenvalue weighted by molar-refractivity contribution is 5.99. The Morgan fingerprint density at radius 2 is 1.95 bits per heavy atom. The monoisotopic (exact) mass is 291 g/mol. The average Bonchev–Trinajstić information content (AvgIpc) is 2.51. The molecule has 0 heterocycles. The Morgan fingerprint density at radius 3 is 2.57 bits per heavy atom. The molecule has 2 N–H and O–H groups in total. The van der Waals surface area contributed by atoms with Gasteiger partial charge in [-0.2, -0.15) is 0 Å². The van der Waals surface area contributed by atoms with Crippen LogP contribution in [0.3, 0.4) is 0 Å². The molecule has 0 aliphatic carbocycles. The Morgan fingerprint density at radius 1 is 1.29 bits per heavy atom. The normalized spacial score (nSPS) is 11.6. The number of anilines is 1. The summed E-state index contributed by atoms with van der Waals surface area (Å²) in [6, 6.07) is 7.46. The second-order valence-corrected chi connectivity index (χ2v) is 5.17. The Balaban J connectivity index is 2.80. The molecule has 1 atom stereocenters. The quantitative estimate of drug-likeness (QED) is 0.807. The van der Waals surface area contributed by atoms with E-state index >= 15 is 0 Å². The topological polar surface area (TPSA) is 61.4 Å². The largest absolute Gasteiger partial charge is 0.384 e. The molecule has 0 aliphatic rings. The molecule has 5 nitrogen and oxygen atoms in total. The van der Waals surface area contributed by atoms with Gasteiger partial charge in [-0.3, -0.25) is 9.59 Å². The number of amides is 2. The molecule has 1 rings (SSSR count). The van der Waals surface area contributed by atoms with E-state index in [0.29, 0.717) is 12.1 Å². The van der Waals surface area contributed by atoms with E-state index < -0.39 is 0 Å². The van der Waals surface area contributed by atoms with Gasteiger partial charge in [-0.25, -0.2) is 0 Å². The van der Waals surface area contributed by atoms with Crippen molar-refractivity contribution in [1.82, 2.24) is 10.2 Å². The van der Waals surface area contributed by atoms with Crippen LogP contribution in [0.2, 0.25) is 0 Å². The molecular formula is C16H25N3O2. The Bertz CT molecular complexity index is 488. The molecule has 1 unspecified atom stereocenters. The van der Waals surface area contributed by atoms with E-state index in [1.165, 1.54) is 0 Å². The van der Waals surface area contributed by atoms with Crippen LogP contribution in [0.1, 0.15) is 30.6 Å². The van der Waals surface area contributed by atoms with Crippen LogP contribution in [0.5, 0.6) is 0 Å². The maximum absolute atomic E-state index is 12.5. The number of hydrogen-bond acceptors (Lipinski definition) is 3.